The third-order valence-electron chi connectivity index (χ3n) is 2.52. The molecule has 0 fully saturated rings. The second-order valence-corrected chi connectivity index (χ2v) is 4.17. The van der Waals surface area contributed by atoms with Crippen LogP contribution in [0.25, 0.3) is 0 Å². The Bertz CT molecular complexity index is 446. The molecule has 4 nitrogen and oxygen atoms in total. The maximum Gasteiger partial charge on any atom is 0.361 e. The van der Waals surface area contributed by atoms with Gasteiger partial charge in [-0.3, -0.25) is 0 Å². The van der Waals surface area contributed by atoms with Crippen LogP contribution in [0.2, 0.25) is 0 Å². The maximum absolute atomic E-state index is 12.0. The van der Waals surface area contributed by atoms with Crippen molar-refractivity contribution in [3.8, 4) is 0 Å². The van der Waals surface area contributed by atoms with Gasteiger partial charge >= 0.3 is 5.97 Å². The second-order valence-electron chi connectivity index (χ2n) is 3.90. The molecule has 1 aromatic carbocycles. The lowest BCUT2D eigenvalue weighted by Crippen LogP contribution is -2.21. The number of oxime groups is 1. The van der Waals surface area contributed by atoms with Crippen LogP contribution in [0.5, 0.6) is 0 Å². The van der Waals surface area contributed by atoms with E-state index in [0.717, 1.165) is 18.4 Å². The van der Waals surface area contributed by atoms with Gasteiger partial charge in [0.1, 0.15) is 7.11 Å². The van der Waals surface area contributed by atoms with E-state index in [0.29, 0.717) is 18.1 Å². The van der Waals surface area contributed by atoms with Crippen molar-refractivity contribution >= 4 is 23.3 Å². The van der Waals surface area contributed by atoms with E-state index in [4.69, 9.17) is 21.2 Å². The van der Waals surface area contributed by atoms with Gasteiger partial charge in [-0.25, -0.2) is 4.79 Å². The number of esters is 1. The van der Waals surface area contributed by atoms with Crippen LogP contribution in [0.1, 0.15) is 30.9 Å². The third-order valence-corrected chi connectivity index (χ3v) is 2.81. The summed E-state index contributed by atoms with van der Waals surface area (Å²) in [7, 11) is 1.39. The molecule has 0 amide bonds. The van der Waals surface area contributed by atoms with Crippen molar-refractivity contribution in [1.82, 2.24) is 0 Å². The number of carbonyl (C=O) groups is 1. The molecular formula is C14H18ClNO3. The van der Waals surface area contributed by atoms with Crippen molar-refractivity contribution < 1.29 is 14.4 Å². The first-order valence-electron chi connectivity index (χ1n) is 6.17. The summed E-state index contributed by atoms with van der Waals surface area (Å²) in [4.78, 5) is 16.7. The second kappa shape index (κ2) is 8.53. The quantitative estimate of drug-likeness (QED) is 0.254. The fraction of sp³-hybridized carbons (Fsp3) is 0.429. The number of hydrogen-bond acceptors (Lipinski definition) is 4. The normalized spacial score (nSPS) is 11.2. The molecule has 0 spiro atoms. The summed E-state index contributed by atoms with van der Waals surface area (Å²) in [5.41, 5.74) is 1.60. The molecule has 0 aliphatic heterocycles. The Balaban J connectivity index is 2.94. The Hall–Kier alpha value is -1.55. The number of halogens is 1. The van der Waals surface area contributed by atoms with Crippen LogP contribution in [0.3, 0.4) is 0 Å². The monoisotopic (exact) mass is 283 g/mol. The Kier molecular flexibility index (Phi) is 6.97. The van der Waals surface area contributed by atoms with Crippen molar-refractivity contribution in [3.63, 3.8) is 0 Å². The number of benzene rings is 1. The minimum absolute atomic E-state index is 0.148. The first-order chi connectivity index (χ1) is 9.24. The highest BCUT2D eigenvalue weighted by Gasteiger charge is 2.19. The van der Waals surface area contributed by atoms with Gasteiger partial charge < -0.3 is 9.57 Å². The van der Waals surface area contributed by atoms with Gasteiger partial charge in [-0.1, -0.05) is 42.8 Å². The molecule has 0 aliphatic carbocycles. The van der Waals surface area contributed by atoms with E-state index >= 15 is 0 Å². The van der Waals surface area contributed by atoms with Crippen molar-refractivity contribution in [3.05, 3.63) is 35.4 Å². The minimum atomic E-state index is -0.493. The molecule has 0 atom stereocenters. The number of nitrogens with zero attached hydrogens (tertiary/aromatic N) is 1. The Morgan fingerprint density at radius 3 is 2.74 bits per heavy atom. The molecule has 0 saturated carbocycles. The number of ether oxygens (including phenoxy) is 1. The van der Waals surface area contributed by atoms with E-state index in [1.807, 2.05) is 25.1 Å². The predicted octanol–water partition coefficient (Wildman–Crippen LogP) is 3.12. The van der Waals surface area contributed by atoms with Gasteiger partial charge in [0.05, 0.1) is 6.61 Å². The molecule has 1 rings (SSSR count). The molecular weight excluding hydrogens is 266 g/mol. The van der Waals surface area contributed by atoms with Gasteiger partial charge in [0, 0.05) is 11.4 Å². The summed E-state index contributed by atoms with van der Waals surface area (Å²) in [6.07, 6.45) is 1.78. The Morgan fingerprint density at radius 1 is 1.37 bits per heavy atom. The maximum atomic E-state index is 12.0. The number of hydrogen-bond donors (Lipinski definition) is 0. The van der Waals surface area contributed by atoms with E-state index in [1.54, 1.807) is 6.07 Å². The highest BCUT2D eigenvalue weighted by molar-refractivity contribution is 6.43. The summed E-state index contributed by atoms with van der Waals surface area (Å²) < 4.78 is 5.16. The lowest BCUT2D eigenvalue weighted by atomic mass is 10.0. The Labute approximate surface area is 118 Å². The summed E-state index contributed by atoms with van der Waals surface area (Å²) in [5, 5.41) is 3.77. The van der Waals surface area contributed by atoms with Crippen LogP contribution < -0.4 is 0 Å². The third kappa shape index (κ3) is 4.56. The van der Waals surface area contributed by atoms with Crippen molar-refractivity contribution in [2.45, 2.75) is 25.6 Å². The first-order valence-corrected chi connectivity index (χ1v) is 6.70. The molecule has 0 aromatic heterocycles. The smallest absolute Gasteiger partial charge is 0.361 e. The molecule has 0 bridgehead atoms. The molecule has 0 radical (unpaired) electrons. The zero-order valence-electron chi connectivity index (χ0n) is 11.2. The molecule has 1 aromatic rings. The number of alkyl halides is 1. The van der Waals surface area contributed by atoms with E-state index in [-0.39, 0.29) is 5.71 Å². The lowest BCUT2D eigenvalue weighted by molar-refractivity contribution is -0.135. The SMILES string of the molecule is CCCCOC(=O)C(=NOC)c1ccccc1CCl. The number of unbranched alkanes of at least 4 members (excludes halogenated alkanes) is 1. The Morgan fingerprint density at radius 2 is 2.11 bits per heavy atom. The van der Waals surface area contributed by atoms with Gasteiger partial charge in [-0.15, -0.1) is 11.6 Å². The van der Waals surface area contributed by atoms with Gasteiger partial charge in [0.15, 0.2) is 5.71 Å². The molecule has 0 unspecified atom stereocenters. The van der Waals surface area contributed by atoms with Crippen LogP contribution in [0.4, 0.5) is 0 Å². The van der Waals surface area contributed by atoms with Crippen LogP contribution >= 0.6 is 11.6 Å². The average molecular weight is 284 g/mol. The highest BCUT2D eigenvalue weighted by atomic mass is 35.5. The minimum Gasteiger partial charge on any atom is -0.461 e. The zero-order chi connectivity index (χ0) is 14.1. The van der Waals surface area contributed by atoms with Crippen LogP contribution in [-0.2, 0) is 20.2 Å². The number of rotatable bonds is 7. The largest absolute Gasteiger partial charge is 0.461 e. The fourth-order valence-electron chi connectivity index (χ4n) is 1.53. The predicted molar refractivity (Wildman–Crippen MR) is 75.4 cm³/mol. The molecule has 5 heteroatoms. The van der Waals surface area contributed by atoms with Crippen molar-refractivity contribution in [1.29, 1.82) is 0 Å². The van der Waals surface area contributed by atoms with Crippen LogP contribution in [0.15, 0.2) is 29.4 Å². The molecule has 0 aliphatic rings. The average Bonchev–Trinajstić information content (AvgIpc) is 2.45. The van der Waals surface area contributed by atoms with Crippen molar-refractivity contribution in [2.75, 3.05) is 13.7 Å². The lowest BCUT2D eigenvalue weighted by Gasteiger charge is -2.09. The highest BCUT2D eigenvalue weighted by Crippen LogP contribution is 2.14. The van der Waals surface area contributed by atoms with Gasteiger partial charge in [0.25, 0.3) is 0 Å². The first kappa shape index (κ1) is 15.5. The van der Waals surface area contributed by atoms with Gasteiger partial charge in [-0.2, -0.15) is 0 Å². The summed E-state index contributed by atoms with van der Waals surface area (Å²) in [6, 6.07) is 7.29. The summed E-state index contributed by atoms with van der Waals surface area (Å²) in [6.45, 7) is 2.40. The molecule has 0 saturated heterocycles. The summed E-state index contributed by atoms with van der Waals surface area (Å²) >= 11 is 5.86. The van der Waals surface area contributed by atoms with Gasteiger partial charge in [0.2, 0.25) is 0 Å². The molecule has 0 N–H and O–H groups in total. The zero-order valence-corrected chi connectivity index (χ0v) is 11.9. The standard InChI is InChI=1S/C14H18ClNO3/c1-3-4-9-19-14(17)13(16-18-2)12-8-6-5-7-11(12)10-15/h5-8H,3-4,9-10H2,1-2H3. The summed E-state index contributed by atoms with van der Waals surface area (Å²) in [5.74, 6) is -0.200. The van der Waals surface area contributed by atoms with Gasteiger partial charge in [-0.05, 0) is 12.0 Å². The number of carbonyl (C=O) groups excluding carboxylic acids is 1. The van der Waals surface area contributed by atoms with E-state index in [2.05, 4.69) is 5.16 Å². The molecule has 104 valence electrons. The van der Waals surface area contributed by atoms with E-state index in [1.165, 1.54) is 7.11 Å². The van der Waals surface area contributed by atoms with E-state index < -0.39 is 5.97 Å². The molecule has 0 heterocycles. The fourth-order valence-corrected chi connectivity index (χ4v) is 1.77. The molecule has 19 heavy (non-hydrogen) atoms. The topological polar surface area (TPSA) is 47.9 Å². The van der Waals surface area contributed by atoms with Crippen LogP contribution in [-0.4, -0.2) is 25.4 Å². The van der Waals surface area contributed by atoms with E-state index in [9.17, 15) is 4.79 Å². The van der Waals surface area contributed by atoms with Crippen molar-refractivity contribution in [2.24, 2.45) is 5.16 Å². The van der Waals surface area contributed by atoms with Crippen LogP contribution in [0, 0.1) is 0 Å².